The van der Waals surface area contributed by atoms with Crippen LogP contribution in [0.25, 0.3) is 10.8 Å². The molecule has 0 fully saturated rings. The summed E-state index contributed by atoms with van der Waals surface area (Å²) >= 11 is 5.81. The highest BCUT2D eigenvalue weighted by Crippen LogP contribution is 2.16. The summed E-state index contributed by atoms with van der Waals surface area (Å²) in [6, 6.07) is 15.0. The Morgan fingerprint density at radius 2 is 2.00 bits per heavy atom. The summed E-state index contributed by atoms with van der Waals surface area (Å²) in [6.07, 6.45) is 1.66. The summed E-state index contributed by atoms with van der Waals surface area (Å²) in [4.78, 5) is 14.1. The van der Waals surface area contributed by atoms with Crippen molar-refractivity contribution >= 4 is 28.3 Å². The van der Waals surface area contributed by atoms with Gasteiger partial charge in [-0.05, 0) is 42.3 Å². The second kappa shape index (κ2) is 10.4. The number of hydrogen-bond donors (Lipinski definition) is 2. The van der Waals surface area contributed by atoms with E-state index in [1.807, 2.05) is 17.0 Å². The molecule has 2 aromatic carbocycles. The maximum Gasteiger partial charge on any atom is 0.237 e. The first-order valence-corrected chi connectivity index (χ1v) is 9.46. The normalized spacial score (nSPS) is 12.3. The van der Waals surface area contributed by atoms with Gasteiger partial charge in [0, 0.05) is 19.1 Å². The molecule has 2 aromatic rings. The van der Waals surface area contributed by atoms with Crippen molar-refractivity contribution in [2.24, 2.45) is 5.73 Å². The molecule has 0 radical (unpaired) electrons. The summed E-state index contributed by atoms with van der Waals surface area (Å²) < 4.78 is 0. The minimum Gasteiger partial charge on any atom is -0.340 e. The van der Waals surface area contributed by atoms with Crippen LogP contribution in [0.1, 0.15) is 18.9 Å². The van der Waals surface area contributed by atoms with Crippen LogP contribution in [0.3, 0.4) is 0 Å². The number of benzene rings is 2. The topological polar surface area (TPSA) is 58.4 Å². The summed E-state index contributed by atoms with van der Waals surface area (Å²) in [6.45, 7) is 4.83. The lowest BCUT2D eigenvalue weighted by Gasteiger charge is -2.27. The summed E-state index contributed by atoms with van der Waals surface area (Å²) in [5, 5.41) is 5.86. The molecule has 0 bridgehead atoms. The van der Waals surface area contributed by atoms with E-state index >= 15 is 0 Å². The van der Waals surface area contributed by atoms with Gasteiger partial charge < -0.3 is 16.0 Å². The minimum atomic E-state index is -0.0256. The van der Waals surface area contributed by atoms with E-state index in [1.165, 1.54) is 16.3 Å². The Hall–Kier alpha value is -1.62. The maximum absolute atomic E-state index is 12.2. The van der Waals surface area contributed by atoms with E-state index < -0.39 is 0 Å². The Bertz CT molecular complexity index is 671. The van der Waals surface area contributed by atoms with Crippen molar-refractivity contribution in [2.45, 2.75) is 25.8 Å². The first-order chi connectivity index (χ1) is 12.2. The Morgan fingerprint density at radius 1 is 1.24 bits per heavy atom. The smallest absolute Gasteiger partial charge is 0.237 e. The number of likely N-dealkylation sites (N-methyl/N-ethyl adjacent to an activating group) is 1. The molecule has 0 aromatic heterocycles. The molecular formula is C20H28ClN3O. The summed E-state index contributed by atoms with van der Waals surface area (Å²) in [7, 11) is 0. The van der Waals surface area contributed by atoms with E-state index in [9.17, 15) is 4.79 Å². The molecular weight excluding hydrogens is 334 g/mol. The van der Waals surface area contributed by atoms with Crippen molar-refractivity contribution in [3.63, 3.8) is 0 Å². The second-order valence-electron chi connectivity index (χ2n) is 6.24. The number of nitrogens with one attached hydrogen (secondary N) is 1. The van der Waals surface area contributed by atoms with Gasteiger partial charge >= 0.3 is 0 Å². The number of amides is 1. The predicted octanol–water partition coefficient (Wildman–Crippen LogP) is 2.78. The number of carbonyl (C=O) groups is 1. The molecule has 2 rings (SSSR count). The fourth-order valence-electron chi connectivity index (χ4n) is 3.07. The zero-order valence-electron chi connectivity index (χ0n) is 14.9. The Kier molecular flexibility index (Phi) is 8.19. The van der Waals surface area contributed by atoms with Gasteiger partial charge in [0.15, 0.2) is 0 Å². The Balaban J connectivity index is 2.03. The fourth-order valence-corrected chi connectivity index (χ4v) is 3.24. The average Bonchev–Trinajstić information content (AvgIpc) is 2.64. The molecule has 5 heteroatoms. The molecule has 0 heterocycles. The Morgan fingerprint density at radius 3 is 2.68 bits per heavy atom. The van der Waals surface area contributed by atoms with Crippen LogP contribution >= 0.6 is 11.6 Å². The third-order valence-corrected chi connectivity index (χ3v) is 4.63. The van der Waals surface area contributed by atoms with Crippen LogP contribution in [0.5, 0.6) is 0 Å². The van der Waals surface area contributed by atoms with Crippen molar-refractivity contribution in [1.29, 1.82) is 0 Å². The SMILES string of the molecule is CCNC(CCN)CN(CCc1ccc2ccccc2c1)C(=O)CCl. The number of fused-ring (bicyclic) bond motifs is 1. The monoisotopic (exact) mass is 361 g/mol. The quantitative estimate of drug-likeness (QED) is 0.640. The van der Waals surface area contributed by atoms with Gasteiger partial charge in [-0.25, -0.2) is 0 Å². The lowest BCUT2D eigenvalue weighted by molar-refractivity contribution is -0.128. The first-order valence-electron chi connectivity index (χ1n) is 8.92. The summed E-state index contributed by atoms with van der Waals surface area (Å²) in [5.41, 5.74) is 6.92. The van der Waals surface area contributed by atoms with E-state index in [0.717, 1.165) is 19.4 Å². The highest BCUT2D eigenvalue weighted by atomic mass is 35.5. The number of nitrogens with zero attached hydrogens (tertiary/aromatic N) is 1. The first kappa shape index (κ1) is 19.7. The zero-order valence-corrected chi connectivity index (χ0v) is 15.6. The number of carbonyl (C=O) groups excluding carboxylic acids is 1. The number of halogens is 1. The van der Waals surface area contributed by atoms with Crippen molar-refractivity contribution in [3.05, 3.63) is 48.0 Å². The molecule has 0 saturated heterocycles. The highest BCUT2D eigenvalue weighted by Gasteiger charge is 2.17. The van der Waals surface area contributed by atoms with Gasteiger partial charge in [0.05, 0.1) is 0 Å². The van der Waals surface area contributed by atoms with Gasteiger partial charge in [0.1, 0.15) is 5.88 Å². The lowest BCUT2D eigenvalue weighted by atomic mass is 10.0. The lowest BCUT2D eigenvalue weighted by Crippen LogP contribution is -2.45. The van der Waals surface area contributed by atoms with Crippen LogP contribution in [-0.4, -0.2) is 48.9 Å². The van der Waals surface area contributed by atoms with E-state index in [4.69, 9.17) is 17.3 Å². The van der Waals surface area contributed by atoms with Gasteiger partial charge in [0.2, 0.25) is 5.91 Å². The van der Waals surface area contributed by atoms with Gasteiger partial charge in [-0.2, -0.15) is 0 Å². The maximum atomic E-state index is 12.2. The molecule has 1 atom stereocenters. The third-order valence-electron chi connectivity index (χ3n) is 4.40. The van der Waals surface area contributed by atoms with E-state index in [2.05, 4.69) is 42.6 Å². The van der Waals surface area contributed by atoms with Crippen molar-refractivity contribution in [1.82, 2.24) is 10.2 Å². The van der Waals surface area contributed by atoms with Crippen molar-refractivity contribution in [2.75, 3.05) is 32.1 Å². The summed E-state index contributed by atoms with van der Waals surface area (Å²) in [5.74, 6) is -0.0125. The van der Waals surface area contributed by atoms with Gasteiger partial charge in [0.25, 0.3) is 0 Å². The molecule has 0 aliphatic carbocycles. The van der Waals surface area contributed by atoms with Crippen LogP contribution in [0.2, 0.25) is 0 Å². The molecule has 1 amide bonds. The highest BCUT2D eigenvalue weighted by molar-refractivity contribution is 6.27. The molecule has 4 nitrogen and oxygen atoms in total. The van der Waals surface area contributed by atoms with E-state index in [-0.39, 0.29) is 17.8 Å². The Labute approximate surface area is 155 Å². The largest absolute Gasteiger partial charge is 0.340 e. The molecule has 25 heavy (non-hydrogen) atoms. The fraction of sp³-hybridized carbons (Fsp3) is 0.450. The second-order valence-corrected chi connectivity index (χ2v) is 6.50. The van der Waals surface area contributed by atoms with Crippen LogP contribution in [0.4, 0.5) is 0 Å². The van der Waals surface area contributed by atoms with E-state index in [1.54, 1.807) is 0 Å². The number of rotatable bonds is 10. The molecule has 0 aliphatic heterocycles. The molecule has 0 saturated carbocycles. The minimum absolute atomic E-state index is 0.0131. The van der Waals surface area contributed by atoms with Crippen molar-refractivity contribution < 1.29 is 4.79 Å². The standard InChI is InChI=1S/C20H28ClN3O/c1-2-23-19(9-11-22)15-24(20(25)14-21)12-10-16-7-8-17-5-3-4-6-18(17)13-16/h3-8,13,19,23H,2,9-12,14-15,22H2,1H3. The number of nitrogens with two attached hydrogens (primary N) is 1. The van der Waals surface area contributed by atoms with Gasteiger partial charge in [-0.1, -0.05) is 49.4 Å². The molecule has 1 unspecified atom stereocenters. The zero-order chi connectivity index (χ0) is 18.1. The number of alkyl halides is 1. The van der Waals surface area contributed by atoms with Crippen LogP contribution in [0, 0.1) is 0 Å². The molecule has 136 valence electrons. The van der Waals surface area contributed by atoms with Crippen LogP contribution in [0.15, 0.2) is 42.5 Å². The van der Waals surface area contributed by atoms with Gasteiger partial charge in [-0.3, -0.25) is 4.79 Å². The third kappa shape index (κ3) is 5.99. The van der Waals surface area contributed by atoms with Gasteiger partial charge in [-0.15, -0.1) is 11.6 Å². The van der Waals surface area contributed by atoms with Crippen LogP contribution in [-0.2, 0) is 11.2 Å². The van der Waals surface area contributed by atoms with Crippen LogP contribution < -0.4 is 11.1 Å². The molecule has 0 spiro atoms. The van der Waals surface area contributed by atoms with E-state index in [0.29, 0.717) is 19.6 Å². The molecule has 0 aliphatic rings. The molecule has 3 N–H and O–H groups in total. The van der Waals surface area contributed by atoms with Crippen molar-refractivity contribution in [3.8, 4) is 0 Å². The predicted molar refractivity (Wildman–Crippen MR) is 106 cm³/mol. The number of hydrogen-bond acceptors (Lipinski definition) is 3. The average molecular weight is 362 g/mol.